The maximum absolute atomic E-state index is 11.5. The van der Waals surface area contributed by atoms with E-state index >= 15 is 0 Å². The summed E-state index contributed by atoms with van der Waals surface area (Å²) in [5.41, 5.74) is 3.13. The van der Waals surface area contributed by atoms with Gasteiger partial charge in [-0.25, -0.2) is 0 Å². The molecule has 6 atom stereocenters. The van der Waals surface area contributed by atoms with Gasteiger partial charge >= 0.3 is 0 Å². The number of aliphatic hydroxyl groups excluding tert-OH is 2. The molecule has 0 unspecified atom stereocenters. The number of aliphatic hydroxyl groups is 2. The standard InChI is InChI=1S/C25H42O2/c1-17-7-8-20-21-22(27)23(3,4)11-12-25(21,6)14-13-24(20,5)10-9-18(2)16-19(26)15-17/h9,15,19-22,26-27H,7-8,10-14,16H2,1-6H3/b17-15+,18-9-/t19-,20-,21+,22+,24-,25-/m1/s1. The highest BCUT2D eigenvalue weighted by Crippen LogP contribution is 2.63. The Kier molecular flexibility index (Phi) is 5.74. The van der Waals surface area contributed by atoms with E-state index in [1.165, 1.54) is 30.4 Å². The second-order valence-electron chi connectivity index (χ2n) is 11.5. The second kappa shape index (κ2) is 7.34. The van der Waals surface area contributed by atoms with E-state index < -0.39 is 0 Å². The Bertz CT molecular complexity index is 616. The van der Waals surface area contributed by atoms with E-state index in [0.29, 0.717) is 11.8 Å². The molecule has 0 aromatic heterocycles. The summed E-state index contributed by atoms with van der Waals surface area (Å²) < 4.78 is 0. The van der Waals surface area contributed by atoms with Crippen molar-refractivity contribution in [1.82, 2.24) is 0 Å². The molecule has 154 valence electrons. The summed E-state index contributed by atoms with van der Waals surface area (Å²) in [7, 11) is 0. The molecular weight excluding hydrogens is 332 g/mol. The van der Waals surface area contributed by atoms with Crippen LogP contribution in [0.25, 0.3) is 0 Å². The van der Waals surface area contributed by atoms with Gasteiger partial charge in [-0.2, -0.15) is 0 Å². The van der Waals surface area contributed by atoms with Crippen molar-refractivity contribution in [3.63, 3.8) is 0 Å². The summed E-state index contributed by atoms with van der Waals surface area (Å²) in [5.74, 6) is 0.917. The molecule has 0 spiro atoms. The minimum absolute atomic E-state index is 0.0153. The average Bonchev–Trinajstić information content (AvgIpc) is 2.59. The van der Waals surface area contributed by atoms with E-state index in [1.54, 1.807) is 0 Å². The maximum Gasteiger partial charge on any atom is 0.0760 e. The molecule has 2 nitrogen and oxygen atoms in total. The Balaban J connectivity index is 2.00. The van der Waals surface area contributed by atoms with Crippen LogP contribution in [0.2, 0.25) is 0 Å². The van der Waals surface area contributed by atoms with Crippen molar-refractivity contribution in [1.29, 1.82) is 0 Å². The van der Waals surface area contributed by atoms with Gasteiger partial charge in [-0.3, -0.25) is 0 Å². The average molecular weight is 375 g/mol. The van der Waals surface area contributed by atoms with E-state index in [2.05, 4.69) is 53.7 Å². The quantitative estimate of drug-likeness (QED) is 0.508. The van der Waals surface area contributed by atoms with Crippen molar-refractivity contribution < 1.29 is 10.2 Å². The summed E-state index contributed by atoms with van der Waals surface area (Å²) in [6.07, 6.45) is 12.7. The minimum atomic E-state index is -0.362. The van der Waals surface area contributed by atoms with Crippen molar-refractivity contribution in [3.05, 3.63) is 23.3 Å². The van der Waals surface area contributed by atoms with E-state index in [9.17, 15) is 10.2 Å². The molecule has 0 aliphatic heterocycles. The molecule has 2 saturated carbocycles. The smallest absolute Gasteiger partial charge is 0.0760 e. The Labute approximate surface area is 167 Å². The third kappa shape index (κ3) is 4.08. The summed E-state index contributed by atoms with van der Waals surface area (Å²) in [6.45, 7) is 13.8. The first-order valence-corrected chi connectivity index (χ1v) is 11.2. The first kappa shape index (κ1) is 21.1. The van der Waals surface area contributed by atoms with Gasteiger partial charge in [0.15, 0.2) is 0 Å². The first-order chi connectivity index (χ1) is 12.5. The Morgan fingerprint density at radius 3 is 2.22 bits per heavy atom. The number of rotatable bonds is 0. The zero-order valence-corrected chi connectivity index (χ0v) is 18.5. The molecule has 0 radical (unpaired) electrons. The fourth-order valence-corrected chi connectivity index (χ4v) is 6.43. The number of fused-ring (bicyclic) bond motifs is 3. The van der Waals surface area contributed by atoms with Crippen molar-refractivity contribution in [3.8, 4) is 0 Å². The van der Waals surface area contributed by atoms with Gasteiger partial charge in [0.25, 0.3) is 0 Å². The SMILES string of the molecule is C/C1=C/C[C@]2(C)CC[C@@]3(C)CCC(C)(C)[C@@H](O)[C@@H]3[C@H]2CC/C(C)=C/[C@@H](O)C1. The topological polar surface area (TPSA) is 40.5 Å². The largest absolute Gasteiger partial charge is 0.392 e. The van der Waals surface area contributed by atoms with E-state index in [-0.39, 0.29) is 28.5 Å². The highest BCUT2D eigenvalue weighted by atomic mass is 16.3. The summed E-state index contributed by atoms with van der Waals surface area (Å²) >= 11 is 0. The third-order valence-electron chi connectivity index (χ3n) is 8.66. The zero-order valence-electron chi connectivity index (χ0n) is 18.5. The minimum Gasteiger partial charge on any atom is -0.392 e. The van der Waals surface area contributed by atoms with Gasteiger partial charge in [-0.15, -0.1) is 0 Å². The van der Waals surface area contributed by atoms with Crippen LogP contribution in [0.1, 0.15) is 92.9 Å². The molecule has 3 rings (SSSR count). The highest BCUT2D eigenvalue weighted by molar-refractivity contribution is 5.14. The summed E-state index contributed by atoms with van der Waals surface area (Å²) in [5, 5.41) is 21.9. The molecule has 27 heavy (non-hydrogen) atoms. The van der Waals surface area contributed by atoms with Gasteiger partial charge in [0.1, 0.15) is 0 Å². The number of hydrogen-bond donors (Lipinski definition) is 2. The van der Waals surface area contributed by atoms with Crippen molar-refractivity contribution in [2.75, 3.05) is 0 Å². The predicted octanol–water partition coefficient (Wildman–Crippen LogP) is 6.03. The van der Waals surface area contributed by atoms with Crippen LogP contribution in [-0.2, 0) is 0 Å². The lowest BCUT2D eigenvalue weighted by atomic mass is 9.44. The van der Waals surface area contributed by atoms with E-state index in [0.717, 1.165) is 32.1 Å². The summed E-state index contributed by atoms with van der Waals surface area (Å²) in [4.78, 5) is 0. The highest BCUT2D eigenvalue weighted by Gasteiger charge is 2.58. The van der Waals surface area contributed by atoms with Crippen LogP contribution in [-0.4, -0.2) is 22.4 Å². The molecule has 2 N–H and O–H groups in total. The van der Waals surface area contributed by atoms with Gasteiger partial charge < -0.3 is 10.2 Å². The molecule has 2 heteroatoms. The van der Waals surface area contributed by atoms with Crippen molar-refractivity contribution in [2.24, 2.45) is 28.1 Å². The van der Waals surface area contributed by atoms with Crippen LogP contribution >= 0.6 is 0 Å². The lowest BCUT2D eigenvalue weighted by molar-refractivity contribution is -0.169. The van der Waals surface area contributed by atoms with Crippen LogP contribution in [0.5, 0.6) is 0 Å². The fourth-order valence-electron chi connectivity index (χ4n) is 6.43. The molecular formula is C25H42O2. The van der Waals surface area contributed by atoms with Crippen molar-refractivity contribution >= 4 is 0 Å². The lowest BCUT2D eigenvalue weighted by Gasteiger charge is -2.61. The number of allylic oxidation sites excluding steroid dienone is 2. The molecule has 0 saturated heterocycles. The molecule has 3 aliphatic carbocycles. The maximum atomic E-state index is 11.5. The second-order valence-corrected chi connectivity index (χ2v) is 11.5. The van der Waals surface area contributed by atoms with Crippen LogP contribution in [0.3, 0.4) is 0 Å². The van der Waals surface area contributed by atoms with E-state index in [4.69, 9.17) is 0 Å². The molecule has 0 aromatic rings. The van der Waals surface area contributed by atoms with Gasteiger partial charge in [0, 0.05) is 0 Å². The summed E-state index contributed by atoms with van der Waals surface area (Å²) in [6, 6.07) is 0. The third-order valence-corrected chi connectivity index (χ3v) is 8.66. The van der Waals surface area contributed by atoms with Crippen molar-refractivity contribution in [2.45, 2.75) is 105 Å². The van der Waals surface area contributed by atoms with Crippen LogP contribution in [0, 0.1) is 28.1 Å². The monoisotopic (exact) mass is 374 g/mol. The van der Waals surface area contributed by atoms with Gasteiger partial charge in [-0.05, 0) is 93.3 Å². The van der Waals surface area contributed by atoms with Crippen LogP contribution in [0.15, 0.2) is 23.3 Å². The first-order valence-electron chi connectivity index (χ1n) is 11.2. The Morgan fingerprint density at radius 2 is 1.52 bits per heavy atom. The Morgan fingerprint density at radius 1 is 0.889 bits per heavy atom. The van der Waals surface area contributed by atoms with E-state index in [1.807, 2.05) is 0 Å². The van der Waals surface area contributed by atoms with Crippen LogP contribution < -0.4 is 0 Å². The molecule has 0 aromatic carbocycles. The van der Waals surface area contributed by atoms with Gasteiger partial charge in [-0.1, -0.05) is 51.0 Å². The molecule has 0 bridgehead atoms. The normalized spacial score (nSPS) is 49.5. The molecule has 0 amide bonds. The fraction of sp³-hybridized carbons (Fsp3) is 0.840. The molecule has 3 aliphatic rings. The number of hydrogen-bond acceptors (Lipinski definition) is 2. The molecule has 2 fully saturated rings. The predicted molar refractivity (Wildman–Crippen MR) is 113 cm³/mol. The van der Waals surface area contributed by atoms with Crippen LogP contribution in [0.4, 0.5) is 0 Å². The Hall–Kier alpha value is -0.600. The molecule has 0 heterocycles. The zero-order chi connectivity index (χ0) is 20.0. The van der Waals surface area contributed by atoms with Gasteiger partial charge in [0.2, 0.25) is 0 Å². The van der Waals surface area contributed by atoms with Gasteiger partial charge in [0.05, 0.1) is 12.2 Å². The lowest BCUT2D eigenvalue weighted by Crippen LogP contribution is -2.58.